The van der Waals surface area contributed by atoms with E-state index in [4.69, 9.17) is 5.73 Å². The van der Waals surface area contributed by atoms with Gasteiger partial charge in [0.25, 0.3) is 0 Å². The molecule has 2 aliphatic rings. The smallest absolute Gasteiger partial charge is 0.0462 e. The Morgan fingerprint density at radius 2 is 1.80 bits per heavy atom. The minimum atomic E-state index is 0.366. The zero-order valence-electron chi connectivity index (χ0n) is 24.1. The second kappa shape index (κ2) is 9.64. The third-order valence-electron chi connectivity index (χ3n) is 9.40. The van der Waals surface area contributed by atoms with Gasteiger partial charge < -0.3 is 10.7 Å². The fourth-order valence-electron chi connectivity index (χ4n) is 7.40. The molecule has 0 saturated heterocycles. The Labute approximate surface area is 237 Å². The number of nitrogens with one attached hydrogen (secondary N) is 1. The molecule has 4 aromatic carbocycles. The standard InChI is InChI=1S/C38H38N2/c1-22(2)25-12-13-27(20-39)33(18-25)34-19-35-32(30-8-5-6-9-31(30)34)15-14-26-17-28(16-23(3)37(26)35)29-10-7-11-36-38(29)24(4)21-40-36/h5,7-8,10-18,21-22,34,40H,6,9,19-20,39H2,1-4H3. The van der Waals surface area contributed by atoms with Crippen LogP contribution in [0.3, 0.4) is 0 Å². The van der Waals surface area contributed by atoms with E-state index in [2.05, 4.69) is 112 Å². The molecule has 7 rings (SSSR count). The maximum Gasteiger partial charge on any atom is 0.0462 e. The van der Waals surface area contributed by atoms with Crippen molar-refractivity contribution in [1.29, 1.82) is 0 Å². The molecule has 2 heteroatoms. The highest BCUT2D eigenvalue weighted by molar-refractivity contribution is 6.02. The van der Waals surface area contributed by atoms with Gasteiger partial charge in [0.2, 0.25) is 0 Å². The van der Waals surface area contributed by atoms with Gasteiger partial charge in [0, 0.05) is 29.6 Å². The lowest BCUT2D eigenvalue weighted by atomic mass is 9.70. The van der Waals surface area contributed by atoms with E-state index in [1.807, 2.05) is 0 Å². The van der Waals surface area contributed by atoms with E-state index < -0.39 is 0 Å². The largest absolute Gasteiger partial charge is 0.361 e. The zero-order chi connectivity index (χ0) is 27.5. The molecule has 0 fully saturated rings. The van der Waals surface area contributed by atoms with Crippen LogP contribution in [0.5, 0.6) is 0 Å². The van der Waals surface area contributed by atoms with E-state index in [9.17, 15) is 0 Å². The first-order chi connectivity index (χ1) is 19.4. The molecule has 0 aliphatic heterocycles. The molecular formula is C38H38N2. The lowest BCUT2D eigenvalue weighted by Gasteiger charge is -2.34. The van der Waals surface area contributed by atoms with Crippen molar-refractivity contribution in [2.45, 2.75) is 65.3 Å². The number of hydrogen-bond acceptors (Lipinski definition) is 1. The van der Waals surface area contributed by atoms with Crippen LogP contribution in [0.2, 0.25) is 0 Å². The van der Waals surface area contributed by atoms with E-state index in [0.717, 1.165) is 19.3 Å². The summed E-state index contributed by atoms with van der Waals surface area (Å²) in [7, 11) is 0. The number of hydrogen-bond donors (Lipinski definition) is 2. The fraction of sp³-hybridized carbons (Fsp3) is 0.263. The summed E-state index contributed by atoms with van der Waals surface area (Å²) in [6, 6.07) is 23.2. The molecule has 1 unspecified atom stereocenters. The van der Waals surface area contributed by atoms with Crippen molar-refractivity contribution in [1.82, 2.24) is 4.98 Å². The summed E-state index contributed by atoms with van der Waals surface area (Å²) in [5, 5.41) is 4.07. The summed E-state index contributed by atoms with van der Waals surface area (Å²) in [5.74, 6) is 0.862. The summed E-state index contributed by atoms with van der Waals surface area (Å²) >= 11 is 0. The highest BCUT2D eigenvalue weighted by Crippen LogP contribution is 2.48. The van der Waals surface area contributed by atoms with Gasteiger partial charge >= 0.3 is 0 Å². The van der Waals surface area contributed by atoms with Crippen molar-refractivity contribution >= 4 is 27.2 Å². The van der Waals surface area contributed by atoms with Crippen LogP contribution >= 0.6 is 0 Å². The molecule has 1 aromatic heterocycles. The average Bonchev–Trinajstić information content (AvgIpc) is 3.36. The van der Waals surface area contributed by atoms with E-state index >= 15 is 0 Å². The van der Waals surface area contributed by atoms with Gasteiger partial charge in [-0.3, -0.25) is 0 Å². The van der Waals surface area contributed by atoms with Crippen LogP contribution in [-0.2, 0) is 13.0 Å². The van der Waals surface area contributed by atoms with Crippen LogP contribution in [0, 0.1) is 13.8 Å². The predicted octanol–water partition coefficient (Wildman–Crippen LogP) is 9.63. The molecule has 0 saturated carbocycles. The van der Waals surface area contributed by atoms with E-state index in [1.165, 1.54) is 77.3 Å². The zero-order valence-corrected chi connectivity index (χ0v) is 24.1. The fourth-order valence-corrected chi connectivity index (χ4v) is 7.40. The maximum atomic E-state index is 6.34. The Balaban J connectivity index is 1.44. The number of aryl methyl sites for hydroxylation is 2. The van der Waals surface area contributed by atoms with Crippen LogP contribution in [0.15, 0.2) is 84.6 Å². The summed E-state index contributed by atoms with van der Waals surface area (Å²) in [6.07, 6.45) is 10.1. The topological polar surface area (TPSA) is 41.8 Å². The monoisotopic (exact) mass is 522 g/mol. The van der Waals surface area contributed by atoms with Crippen LogP contribution < -0.4 is 5.73 Å². The molecule has 5 aromatic rings. The van der Waals surface area contributed by atoms with Gasteiger partial charge in [0.1, 0.15) is 0 Å². The molecular weight excluding hydrogens is 484 g/mol. The Kier molecular flexibility index (Phi) is 6.05. The second-order valence-corrected chi connectivity index (χ2v) is 12.1. The van der Waals surface area contributed by atoms with Crippen molar-refractivity contribution in [3.63, 3.8) is 0 Å². The molecule has 1 atom stereocenters. The first-order valence-corrected chi connectivity index (χ1v) is 14.8. The quantitative estimate of drug-likeness (QED) is 0.242. The van der Waals surface area contributed by atoms with E-state index in [0.29, 0.717) is 18.4 Å². The number of H-pyrrole nitrogens is 1. The number of benzene rings is 4. The summed E-state index contributed by atoms with van der Waals surface area (Å²) in [5.41, 5.74) is 22.8. The molecule has 40 heavy (non-hydrogen) atoms. The first kappa shape index (κ1) is 25.1. The van der Waals surface area contributed by atoms with Crippen molar-refractivity contribution in [2.75, 3.05) is 0 Å². The number of nitrogens with two attached hydrogens (primary N) is 1. The van der Waals surface area contributed by atoms with Gasteiger partial charge in [0.15, 0.2) is 0 Å². The minimum Gasteiger partial charge on any atom is -0.361 e. The molecule has 2 aliphatic carbocycles. The average molecular weight is 523 g/mol. The molecule has 0 radical (unpaired) electrons. The molecule has 0 bridgehead atoms. The first-order valence-electron chi connectivity index (χ1n) is 14.8. The SMILES string of the molecule is Cc1cc(-c2cccc3[nH]cc(C)c23)cc2ccc3c(c12)CC(c1cc(C(C)C)ccc1CN)C1=C3C=CCC1. The minimum absolute atomic E-state index is 0.366. The van der Waals surface area contributed by atoms with Crippen LogP contribution in [0.25, 0.3) is 38.4 Å². The number of allylic oxidation sites excluding steroid dienone is 4. The van der Waals surface area contributed by atoms with Gasteiger partial charge in [0.05, 0.1) is 0 Å². The number of fused-ring (bicyclic) bond motifs is 5. The number of rotatable bonds is 4. The number of aromatic nitrogens is 1. The maximum absolute atomic E-state index is 6.34. The van der Waals surface area contributed by atoms with Gasteiger partial charge in [-0.25, -0.2) is 0 Å². The van der Waals surface area contributed by atoms with Crippen molar-refractivity contribution < 1.29 is 0 Å². The van der Waals surface area contributed by atoms with Gasteiger partial charge in [-0.2, -0.15) is 0 Å². The van der Waals surface area contributed by atoms with E-state index in [1.54, 1.807) is 5.57 Å². The Bertz CT molecular complexity index is 1860. The predicted molar refractivity (Wildman–Crippen MR) is 171 cm³/mol. The molecule has 2 nitrogen and oxygen atoms in total. The van der Waals surface area contributed by atoms with Gasteiger partial charge in [-0.15, -0.1) is 0 Å². The van der Waals surface area contributed by atoms with Crippen molar-refractivity contribution in [3.8, 4) is 11.1 Å². The highest BCUT2D eigenvalue weighted by Gasteiger charge is 2.31. The Hall–Kier alpha value is -3.88. The highest BCUT2D eigenvalue weighted by atomic mass is 14.7. The number of aromatic amines is 1. The molecule has 0 spiro atoms. The lowest BCUT2D eigenvalue weighted by molar-refractivity contribution is 0.711. The second-order valence-electron chi connectivity index (χ2n) is 12.1. The van der Waals surface area contributed by atoms with Crippen LogP contribution in [0.1, 0.15) is 77.5 Å². The lowest BCUT2D eigenvalue weighted by Crippen LogP contribution is -2.19. The molecule has 1 heterocycles. The molecule has 0 amide bonds. The molecule has 3 N–H and O–H groups in total. The Morgan fingerprint density at radius 3 is 2.62 bits per heavy atom. The van der Waals surface area contributed by atoms with Crippen LogP contribution in [0.4, 0.5) is 0 Å². The van der Waals surface area contributed by atoms with Crippen LogP contribution in [-0.4, -0.2) is 4.98 Å². The van der Waals surface area contributed by atoms with Gasteiger partial charge in [-0.1, -0.05) is 80.1 Å². The van der Waals surface area contributed by atoms with E-state index in [-0.39, 0.29) is 0 Å². The molecule has 200 valence electrons. The summed E-state index contributed by atoms with van der Waals surface area (Å²) in [6.45, 7) is 9.65. The normalized spacial score (nSPS) is 16.7. The van der Waals surface area contributed by atoms with Crippen molar-refractivity contribution in [2.24, 2.45) is 5.73 Å². The summed E-state index contributed by atoms with van der Waals surface area (Å²) in [4.78, 5) is 3.44. The Morgan fingerprint density at radius 1 is 0.925 bits per heavy atom. The third-order valence-corrected chi connectivity index (χ3v) is 9.40. The summed E-state index contributed by atoms with van der Waals surface area (Å²) < 4.78 is 0. The van der Waals surface area contributed by atoms with Gasteiger partial charge in [-0.05, 0) is 118 Å². The van der Waals surface area contributed by atoms with Crippen molar-refractivity contribution in [3.05, 3.63) is 124 Å². The third kappa shape index (κ3) is 3.89.